The Bertz CT molecular complexity index is 1090. The molecular formula is C22H14ClFN2O2. The normalized spacial score (nSPS) is 18.0. The minimum absolute atomic E-state index is 0.353. The average molecular weight is 393 g/mol. The smallest absolute Gasteiger partial charge is 0.408 e. The second kappa shape index (κ2) is 7.71. The molecule has 1 aliphatic rings. The monoisotopic (exact) mass is 392 g/mol. The molecule has 0 radical (unpaired) electrons. The first-order valence-electron chi connectivity index (χ1n) is 8.55. The van der Waals surface area contributed by atoms with E-state index in [4.69, 9.17) is 16.3 Å². The Balaban J connectivity index is 1.63. The van der Waals surface area contributed by atoms with Crippen LogP contribution in [0.1, 0.15) is 34.5 Å². The molecule has 2 heterocycles. The summed E-state index contributed by atoms with van der Waals surface area (Å²) in [4.78, 5) is 16.2. The van der Waals surface area contributed by atoms with Crippen molar-refractivity contribution < 1.29 is 13.9 Å². The van der Waals surface area contributed by atoms with Crippen molar-refractivity contribution in [1.29, 1.82) is 0 Å². The molecule has 1 fully saturated rings. The Kier molecular flexibility index (Phi) is 4.96. The summed E-state index contributed by atoms with van der Waals surface area (Å²) in [5.74, 6) is 5.78. The fourth-order valence-corrected chi connectivity index (χ4v) is 3.16. The molecule has 28 heavy (non-hydrogen) atoms. The lowest BCUT2D eigenvalue weighted by Gasteiger charge is -2.17. The molecule has 1 saturated heterocycles. The molecule has 3 aromatic rings. The van der Waals surface area contributed by atoms with E-state index in [0.29, 0.717) is 16.3 Å². The molecule has 1 amide bonds. The Hall–Kier alpha value is -3.36. The number of hydrogen-bond donors (Lipinski definition) is 1. The number of carbonyl (C=O) groups excluding carboxylic acids is 1. The van der Waals surface area contributed by atoms with Gasteiger partial charge < -0.3 is 10.1 Å². The summed E-state index contributed by atoms with van der Waals surface area (Å²) in [5, 5.41) is 3.38. The van der Waals surface area contributed by atoms with Gasteiger partial charge in [-0.1, -0.05) is 41.6 Å². The summed E-state index contributed by atoms with van der Waals surface area (Å²) < 4.78 is 18.6. The second-order valence-electron chi connectivity index (χ2n) is 6.23. The van der Waals surface area contributed by atoms with E-state index < -0.39 is 18.2 Å². The Morgan fingerprint density at radius 2 is 1.79 bits per heavy atom. The lowest BCUT2D eigenvalue weighted by atomic mass is 9.99. The zero-order valence-corrected chi connectivity index (χ0v) is 15.3. The minimum Gasteiger partial charge on any atom is -0.439 e. The van der Waals surface area contributed by atoms with Crippen LogP contribution in [0, 0.1) is 17.7 Å². The molecule has 2 aromatic carbocycles. The van der Waals surface area contributed by atoms with Gasteiger partial charge in [0.1, 0.15) is 11.9 Å². The summed E-state index contributed by atoms with van der Waals surface area (Å²) >= 11 is 5.98. The number of carbonyl (C=O) groups is 1. The van der Waals surface area contributed by atoms with Crippen molar-refractivity contribution in [2.45, 2.75) is 12.1 Å². The molecule has 4 rings (SSSR count). The number of nitrogens with zero attached hydrogens (tertiary/aromatic N) is 1. The molecule has 0 spiro atoms. The van der Waals surface area contributed by atoms with Crippen molar-refractivity contribution >= 4 is 17.7 Å². The fraction of sp³-hybridized carbons (Fsp3) is 0.0909. The molecule has 1 aromatic heterocycles. The van der Waals surface area contributed by atoms with Crippen molar-refractivity contribution in [3.8, 4) is 11.8 Å². The number of alkyl carbamates (subject to hydrolysis) is 1. The van der Waals surface area contributed by atoms with Gasteiger partial charge in [0.2, 0.25) is 0 Å². The Labute approximate surface area is 166 Å². The molecule has 2 atom stereocenters. The number of nitrogens with one attached hydrogen (secondary N) is 1. The number of benzene rings is 2. The maximum Gasteiger partial charge on any atom is 0.408 e. The maximum atomic E-state index is 13.2. The topological polar surface area (TPSA) is 51.2 Å². The lowest BCUT2D eigenvalue weighted by Crippen LogP contribution is -2.20. The molecule has 0 bridgehead atoms. The highest BCUT2D eigenvalue weighted by Gasteiger charge is 2.37. The third kappa shape index (κ3) is 3.98. The van der Waals surface area contributed by atoms with E-state index in [1.807, 2.05) is 12.1 Å². The van der Waals surface area contributed by atoms with Crippen LogP contribution in [-0.2, 0) is 4.74 Å². The quantitative estimate of drug-likeness (QED) is 0.637. The molecule has 6 heteroatoms. The highest BCUT2D eigenvalue weighted by molar-refractivity contribution is 6.30. The first kappa shape index (κ1) is 18.0. The summed E-state index contributed by atoms with van der Waals surface area (Å²) in [5.41, 5.74) is 2.83. The predicted molar refractivity (Wildman–Crippen MR) is 103 cm³/mol. The van der Waals surface area contributed by atoms with Gasteiger partial charge in [0, 0.05) is 22.3 Å². The minimum atomic E-state index is -0.600. The van der Waals surface area contributed by atoms with Crippen LogP contribution in [-0.4, -0.2) is 11.1 Å². The standard InChI is InChI=1S/C22H14ClFN2O2/c23-17-3-1-2-14(12-17)4-5-15-10-11-25-19(13-15)20-21(28-22(27)26-20)16-6-8-18(24)9-7-16/h1-3,6-13,20-21H,(H,26,27)/t20-,21-/m0/s1. The van der Waals surface area contributed by atoms with Crippen molar-refractivity contribution in [3.05, 3.63) is 100 Å². The van der Waals surface area contributed by atoms with Gasteiger partial charge in [0.25, 0.3) is 0 Å². The summed E-state index contributed by atoms with van der Waals surface area (Å²) in [6.45, 7) is 0. The average Bonchev–Trinajstić information content (AvgIpc) is 3.09. The summed E-state index contributed by atoms with van der Waals surface area (Å²) in [7, 11) is 0. The van der Waals surface area contributed by atoms with Crippen LogP contribution in [0.2, 0.25) is 5.02 Å². The molecule has 138 valence electrons. The van der Waals surface area contributed by atoms with Gasteiger partial charge in [-0.2, -0.15) is 0 Å². The van der Waals surface area contributed by atoms with Crippen molar-refractivity contribution in [3.63, 3.8) is 0 Å². The van der Waals surface area contributed by atoms with Crippen molar-refractivity contribution in [2.75, 3.05) is 0 Å². The van der Waals surface area contributed by atoms with Gasteiger partial charge in [-0.15, -0.1) is 0 Å². The van der Waals surface area contributed by atoms with Gasteiger partial charge in [0.15, 0.2) is 6.10 Å². The van der Waals surface area contributed by atoms with Crippen LogP contribution in [0.25, 0.3) is 0 Å². The first-order valence-corrected chi connectivity index (χ1v) is 8.92. The third-order valence-corrected chi connectivity index (χ3v) is 4.52. The van der Waals surface area contributed by atoms with Crippen LogP contribution in [0.3, 0.4) is 0 Å². The Morgan fingerprint density at radius 1 is 1.04 bits per heavy atom. The molecule has 1 N–H and O–H groups in total. The third-order valence-electron chi connectivity index (χ3n) is 4.28. The zero-order chi connectivity index (χ0) is 19.5. The predicted octanol–water partition coefficient (Wildman–Crippen LogP) is 4.80. The number of amides is 1. The zero-order valence-electron chi connectivity index (χ0n) is 14.5. The highest BCUT2D eigenvalue weighted by atomic mass is 35.5. The number of pyridine rings is 1. The highest BCUT2D eigenvalue weighted by Crippen LogP contribution is 2.36. The number of cyclic esters (lactones) is 1. The first-order chi connectivity index (χ1) is 13.6. The van der Waals surface area contributed by atoms with Gasteiger partial charge in [-0.25, -0.2) is 9.18 Å². The van der Waals surface area contributed by atoms with E-state index in [2.05, 4.69) is 22.1 Å². The van der Waals surface area contributed by atoms with Crippen molar-refractivity contribution in [2.24, 2.45) is 0 Å². The van der Waals surface area contributed by atoms with Crippen LogP contribution in [0.15, 0.2) is 66.9 Å². The number of rotatable bonds is 2. The largest absolute Gasteiger partial charge is 0.439 e. The summed E-state index contributed by atoms with van der Waals surface area (Å²) in [6.07, 6.45) is 0.483. The van der Waals surface area contributed by atoms with Crippen LogP contribution in [0.4, 0.5) is 9.18 Å². The number of hydrogen-bond acceptors (Lipinski definition) is 3. The van der Waals surface area contributed by atoms with Crippen LogP contribution in [0.5, 0.6) is 0 Å². The van der Waals surface area contributed by atoms with Gasteiger partial charge in [0.05, 0.1) is 5.69 Å². The van der Waals surface area contributed by atoms with E-state index in [-0.39, 0.29) is 5.82 Å². The number of ether oxygens (including phenoxy) is 1. The second-order valence-corrected chi connectivity index (χ2v) is 6.67. The summed E-state index contributed by atoms with van der Waals surface area (Å²) in [6, 6.07) is 16.2. The fourth-order valence-electron chi connectivity index (χ4n) is 2.97. The molecule has 4 nitrogen and oxygen atoms in total. The molecule has 0 saturated carbocycles. The lowest BCUT2D eigenvalue weighted by molar-refractivity contribution is 0.132. The molecule has 0 unspecified atom stereocenters. The molecular weight excluding hydrogens is 379 g/mol. The van der Waals surface area contributed by atoms with Gasteiger partial charge in [-0.3, -0.25) is 4.98 Å². The van der Waals surface area contributed by atoms with E-state index in [1.165, 1.54) is 12.1 Å². The van der Waals surface area contributed by atoms with Crippen LogP contribution >= 0.6 is 11.6 Å². The van der Waals surface area contributed by atoms with Gasteiger partial charge >= 0.3 is 6.09 Å². The van der Waals surface area contributed by atoms with E-state index >= 15 is 0 Å². The van der Waals surface area contributed by atoms with Crippen molar-refractivity contribution in [1.82, 2.24) is 10.3 Å². The SMILES string of the molecule is O=C1N[C@@H](c2cc(C#Cc3cccc(Cl)c3)ccn2)[C@H](c2ccc(F)cc2)O1. The molecule has 0 aliphatic carbocycles. The number of halogens is 2. The Morgan fingerprint density at radius 3 is 2.54 bits per heavy atom. The van der Waals surface area contributed by atoms with Gasteiger partial charge in [-0.05, 0) is 48.0 Å². The van der Waals surface area contributed by atoms with E-state index in [0.717, 1.165) is 11.1 Å². The van der Waals surface area contributed by atoms with Crippen LogP contribution < -0.4 is 5.32 Å². The maximum absolute atomic E-state index is 13.2. The van der Waals surface area contributed by atoms with E-state index in [1.54, 1.807) is 42.6 Å². The number of aromatic nitrogens is 1. The van der Waals surface area contributed by atoms with E-state index in [9.17, 15) is 9.18 Å². The molecule has 1 aliphatic heterocycles.